The standard InChI is InChI=1S/C16H24N2O3/c1-16(2,15(20)21)9-14(19)17-10-12-7-5-6-8-13(12)11-18(3)4/h5-8H,9-11H2,1-4H3,(H,17,19)(H,20,21). The molecule has 0 saturated heterocycles. The van der Waals surface area contributed by atoms with Crippen molar-refractivity contribution in [2.24, 2.45) is 5.41 Å². The Bertz CT molecular complexity index is 510. The molecule has 1 rings (SSSR count). The minimum absolute atomic E-state index is 0.0296. The van der Waals surface area contributed by atoms with Crippen LogP contribution < -0.4 is 5.32 Å². The van der Waals surface area contributed by atoms with Crippen molar-refractivity contribution >= 4 is 11.9 Å². The molecule has 1 amide bonds. The molecule has 5 heteroatoms. The topological polar surface area (TPSA) is 69.6 Å². The van der Waals surface area contributed by atoms with E-state index in [2.05, 4.69) is 10.2 Å². The molecule has 0 spiro atoms. The van der Waals surface area contributed by atoms with Crippen LogP contribution >= 0.6 is 0 Å². The highest BCUT2D eigenvalue weighted by atomic mass is 16.4. The van der Waals surface area contributed by atoms with Crippen molar-refractivity contribution in [3.05, 3.63) is 35.4 Å². The zero-order valence-electron chi connectivity index (χ0n) is 13.1. The number of rotatable bonds is 7. The molecule has 0 aliphatic heterocycles. The molecule has 0 radical (unpaired) electrons. The minimum Gasteiger partial charge on any atom is -0.481 e. The van der Waals surface area contributed by atoms with Gasteiger partial charge in [0.25, 0.3) is 0 Å². The number of carboxylic acid groups (broad SMARTS) is 1. The van der Waals surface area contributed by atoms with Crippen molar-refractivity contribution in [3.8, 4) is 0 Å². The molecule has 0 aliphatic carbocycles. The molecule has 0 unspecified atom stereocenters. The van der Waals surface area contributed by atoms with E-state index in [1.165, 1.54) is 0 Å². The van der Waals surface area contributed by atoms with E-state index in [0.717, 1.165) is 17.7 Å². The van der Waals surface area contributed by atoms with Crippen molar-refractivity contribution in [1.29, 1.82) is 0 Å². The van der Waals surface area contributed by atoms with Crippen molar-refractivity contribution in [2.75, 3.05) is 14.1 Å². The molecule has 5 nitrogen and oxygen atoms in total. The summed E-state index contributed by atoms with van der Waals surface area (Å²) in [7, 11) is 3.98. The molecule has 1 aromatic carbocycles. The highest BCUT2D eigenvalue weighted by molar-refractivity contribution is 5.84. The summed E-state index contributed by atoms with van der Waals surface area (Å²) < 4.78 is 0. The summed E-state index contributed by atoms with van der Waals surface area (Å²) in [6.45, 7) is 4.31. The van der Waals surface area contributed by atoms with E-state index >= 15 is 0 Å². The fourth-order valence-electron chi connectivity index (χ4n) is 1.96. The molecule has 2 N–H and O–H groups in total. The van der Waals surface area contributed by atoms with Crippen LogP contribution in [0.2, 0.25) is 0 Å². The van der Waals surface area contributed by atoms with Crippen LogP contribution in [-0.4, -0.2) is 36.0 Å². The van der Waals surface area contributed by atoms with Gasteiger partial charge in [-0.2, -0.15) is 0 Å². The van der Waals surface area contributed by atoms with Gasteiger partial charge in [-0.1, -0.05) is 24.3 Å². The normalized spacial score (nSPS) is 11.5. The van der Waals surface area contributed by atoms with Crippen molar-refractivity contribution in [1.82, 2.24) is 10.2 Å². The molecule has 0 atom stereocenters. The highest BCUT2D eigenvalue weighted by Gasteiger charge is 2.29. The fraction of sp³-hybridized carbons (Fsp3) is 0.500. The summed E-state index contributed by atoms with van der Waals surface area (Å²) >= 11 is 0. The van der Waals surface area contributed by atoms with E-state index in [-0.39, 0.29) is 12.3 Å². The number of hydrogen-bond acceptors (Lipinski definition) is 3. The third-order valence-corrected chi connectivity index (χ3v) is 3.26. The van der Waals surface area contributed by atoms with E-state index in [1.54, 1.807) is 13.8 Å². The van der Waals surface area contributed by atoms with Gasteiger partial charge in [0.05, 0.1) is 5.41 Å². The number of aliphatic carboxylic acids is 1. The number of carboxylic acids is 1. The first-order valence-corrected chi connectivity index (χ1v) is 6.94. The highest BCUT2D eigenvalue weighted by Crippen LogP contribution is 2.20. The Morgan fingerprint density at radius 3 is 2.29 bits per heavy atom. The van der Waals surface area contributed by atoms with Crippen LogP contribution in [-0.2, 0) is 22.7 Å². The predicted molar refractivity (Wildman–Crippen MR) is 81.7 cm³/mol. The van der Waals surface area contributed by atoms with Crippen molar-refractivity contribution < 1.29 is 14.7 Å². The lowest BCUT2D eigenvalue weighted by molar-refractivity contribution is -0.149. The molecule has 0 fully saturated rings. The van der Waals surface area contributed by atoms with E-state index in [0.29, 0.717) is 6.54 Å². The summed E-state index contributed by atoms with van der Waals surface area (Å²) in [5, 5.41) is 11.8. The summed E-state index contributed by atoms with van der Waals surface area (Å²) in [5.41, 5.74) is 1.15. The number of carbonyl (C=O) groups is 2. The van der Waals surface area contributed by atoms with Crippen LogP contribution in [0.3, 0.4) is 0 Å². The molecule has 0 aromatic heterocycles. The van der Waals surface area contributed by atoms with Gasteiger partial charge in [0, 0.05) is 19.5 Å². The van der Waals surface area contributed by atoms with Gasteiger partial charge in [-0.3, -0.25) is 9.59 Å². The molecule has 0 heterocycles. The Hall–Kier alpha value is -1.88. The van der Waals surface area contributed by atoms with Crippen LogP contribution in [0.25, 0.3) is 0 Å². The molecular formula is C16H24N2O3. The third kappa shape index (κ3) is 5.55. The Labute approximate surface area is 126 Å². The maximum absolute atomic E-state index is 11.9. The summed E-state index contributed by atoms with van der Waals surface area (Å²) in [4.78, 5) is 25.0. The number of benzene rings is 1. The van der Waals surface area contributed by atoms with Gasteiger partial charge in [-0.15, -0.1) is 0 Å². The van der Waals surface area contributed by atoms with Gasteiger partial charge in [0.2, 0.25) is 5.91 Å². The second-order valence-corrected chi connectivity index (χ2v) is 6.15. The molecule has 0 saturated carbocycles. The first kappa shape index (κ1) is 17.2. The average Bonchev–Trinajstić information content (AvgIpc) is 2.36. The lowest BCUT2D eigenvalue weighted by Crippen LogP contribution is -2.33. The lowest BCUT2D eigenvalue weighted by Gasteiger charge is -2.19. The van der Waals surface area contributed by atoms with Crippen LogP contribution in [0.5, 0.6) is 0 Å². The number of hydrogen-bond donors (Lipinski definition) is 2. The van der Waals surface area contributed by atoms with Crippen molar-refractivity contribution in [2.45, 2.75) is 33.4 Å². The Morgan fingerprint density at radius 2 is 1.76 bits per heavy atom. The van der Waals surface area contributed by atoms with Gasteiger partial charge in [0.15, 0.2) is 0 Å². The van der Waals surface area contributed by atoms with Gasteiger partial charge < -0.3 is 15.3 Å². The van der Waals surface area contributed by atoms with Crippen LogP contribution in [0.15, 0.2) is 24.3 Å². The quantitative estimate of drug-likeness (QED) is 0.805. The molecule has 21 heavy (non-hydrogen) atoms. The summed E-state index contributed by atoms with van der Waals surface area (Å²) in [6, 6.07) is 7.91. The Kier molecular flexibility index (Phi) is 5.90. The number of nitrogens with one attached hydrogen (secondary N) is 1. The lowest BCUT2D eigenvalue weighted by atomic mass is 9.89. The second-order valence-electron chi connectivity index (χ2n) is 6.15. The fourth-order valence-corrected chi connectivity index (χ4v) is 1.96. The van der Waals surface area contributed by atoms with E-state index in [4.69, 9.17) is 5.11 Å². The Balaban J connectivity index is 2.63. The zero-order chi connectivity index (χ0) is 16.0. The molecular weight excluding hydrogens is 268 g/mol. The van der Waals surface area contributed by atoms with Crippen LogP contribution in [0.1, 0.15) is 31.4 Å². The number of nitrogens with zero attached hydrogens (tertiary/aromatic N) is 1. The van der Waals surface area contributed by atoms with Gasteiger partial charge in [-0.25, -0.2) is 0 Å². The van der Waals surface area contributed by atoms with Crippen LogP contribution in [0, 0.1) is 5.41 Å². The molecule has 116 valence electrons. The summed E-state index contributed by atoms with van der Waals surface area (Å²) in [5.74, 6) is -1.22. The van der Waals surface area contributed by atoms with Crippen LogP contribution in [0.4, 0.5) is 0 Å². The van der Waals surface area contributed by atoms with E-state index in [9.17, 15) is 9.59 Å². The van der Waals surface area contributed by atoms with Gasteiger partial charge in [-0.05, 0) is 39.1 Å². The maximum atomic E-state index is 11.9. The zero-order valence-corrected chi connectivity index (χ0v) is 13.1. The smallest absolute Gasteiger partial charge is 0.309 e. The minimum atomic E-state index is -1.05. The predicted octanol–water partition coefficient (Wildman–Crippen LogP) is 1.87. The number of carbonyl (C=O) groups excluding carboxylic acids is 1. The van der Waals surface area contributed by atoms with Gasteiger partial charge >= 0.3 is 5.97 Å². The number of amides is 1. The summed E-state index contributed by atoms with van der Waals surface area (Å²) in [6.07, 6.45) is -0.0296. The Morgan fingerprint density at radius 1 is 1.19 bits per heavy atom. The van der Waals surface area contributed by atoms with E-state index in [1.807, 2.05) is 38.4 Å². The first-order valence-electron chi connectivity index (χ1n) is 6.94. The third-order valence-electron chi connectivity index (χ3n) is 3.26. The van der Waals surface area contributed by atoms with Gasteiger partial charge in [0.1, 0.15) is 0 Å². The first-order chi connectivity index (χ1) is 9.72. The van der Waals surface area contributed by atoms with E-state index < -0.39 is 11.4 Å². The molecule has 1 aromatic rings. The SMILES string of the molecule is CN(C)Cc1ccccc1CNC(=O)CC(C)(C)C(=O)O. The molecule has 0 aliphatic rings. The largest absolute Gasteiger partial charge is 0.481 e. The monoisotopic (exact) mass is 292 g/mol. The molecule has 0 bridgehead atoms. The maximum Gasteiger partial charge on any atom is 0.309 e. The average molecular weight is 292 g/mol. The second kappa shape index (κ2) is 7.22. The van der Waals surface area contributed by atoms with Crippen molar-refractivity contribution in [3.63, 3.8) is 0 Å².